The average molecular weight is 405 g/mol. The predicted molar refractivity (Wildman–Crippen MR) is 122 cm³/mol. The Labute approximate surface area is 179 Å². The summed E-state index contributed by atoms with van der Waals surface area (Å²) in [5.41, 5.74) is 0.437. The molecule has 0 radical (unpaired) electrons. The number of hydrogen-bond acceptors (Lipinski definition) is 3. The van der Waals surface area contributed by atoms with Gasteiger partial charge in [0.15, 0.2) is 6.23 Å². The molecule has 0 saturated heterocycles. The third-order valence-electron chi connectivity index (χ3n) is 5.50. The highest BCUT2D eigenvalue weighted by Crippen LogP contribution is 2.20. The van der Waals surface area contributed by atoms with Gasteiger partial charge in [-0.25, -0.2) is 9.78 Å². The van der Waals surface area contributed by atoms with E-state index in [9.17, 15) is 4.79 Å². The van der Waals surface area contributed by atoms with Crippen molar-refractivity contribution in [3.05, 3.63) is 30.9 Å². The molecule has 1 aromatic rings. The molecular formula is C25H44N2O2. The highest BCUT2D eigenvalue weighted by molar-refractivity contribution is 5.86. The molecule has 29 heavy (non-hydrogen) atoms. The Balaban J connectivity index is 1.98. The first kappa shape index (κ1) is 25.5. The van der Waals surface area contributed by atoms with Gasteiger partial charge in [0.25, 0.3) is 0 Å². The molecule has 0 saturated carbocycles. The van der Waals surface area contributed by atoms with E-state index in [0.29, 0.717) is 5.57 Å². The van der Waals surface area contributed by atoms with Crippen molar-refractivity contribution in [2.24, 2.45) is 0 Å². The number of carbonyl (C=O) groups excluding carboxylic acids is 1. The van der Waals surface area contributed by atoms with E-state index in [2.05, 4.69) is 18.5 Å². The number of rotatable bonds is 19. The fourth-order valence-electron chi connectivity index (χ4n) is 3.62. The van der Waals surface area contributed by atoms with Gasteiger partial charge in [0.2, 0.25) is 0 Å². The Morgan fingerprint density at radius 2 is 1.38 bits per heavy atom. The highest BCUT2D eigenvalue weighted by atomic mass is 16.6. The maximum Gasteiger partial charge on any atom is 0.335 e. The lowest BCUT2D eigenvalue weighted by atomic mass is 10.0. The van der Waals surface area contributed by atoms with Crippen molar-refractivity contribution < 1.29 is 9.53 Å². The molecule has 0 fully saturated rings. The van der Waals surface area contributed by atoms with Crippen molar-refractivity contribution >= 4 is 5.97 Å². The van der Waals surface area contributed by atoms with Gasteiger partial charge in [-0.05, 0) is 13.3 Å². The standard InChI is InChI=1S/C25H44N2O2/c1-4-5-6-7-8-9-10-11-12-13-14-15-16-17-18-19-24(27-21-20-26-22-27)29-25(28)23(2)3/h20-22,24H,2,4-19H2,1,3H3. The van der Waals surface area contributed by atoms with Crippen LogP contribution < -0.4 is 0 Å². The van der Waals surface area contributed by atoms with E-state index in [0.717, 1.165) is 12.8 Å². The van der Waals surface area contributed by atoms with Crippen LogP contribution in [-0.4, -0.2) is 15.5 Å². The summed E-state index contributed by atoms with van der Waals surface area (Å²) in [5.74, 6) is -0.329. The van der Waals surface area contributed by atoms with E-state index in [4.69, 9.17) is 4.74 Å². The van der Waals surface area contributed by atoms with Gasteiger partial charge in [-0.2, -0.15) is 0 Å². The van der Waals surface area contributed by atoms with Gasteiger partial charge in [0, 0.05) is 24.4 Å². The molecule has 0 spiro atoms. The van der Waals surface area contributed by atoms with Crippen LogP contribution in [0.5, 0.6) is 0 Å². The van der Waals surface area contributed by atoms with E-state index >= 15 is 0 Å². The number of hydrogen-bond donors (Lipinski definition) is 0. The largest absolute Gasteiger partial charge is 0.438 e. The van der Waals surface area contributed by atoms with Crippen LogP contribution in [0.25, 0.3) is 0 Å². The summed E-state index contributed by atoms with van der Waals surface area (Å²) in [6.45, 7) is 7.63. The molecule has 0 bridgehead atoms. The van der Waals surface area contributed by atoms with Crippen LogP contribution in [0.3, 0.4) is 0 Å². The van der Waals surface area contributed by atoms with Crippen LogP contribution in [-0.2, 0) is 9.53 Å². The lowest BCUT2D eigenvalue weighted by molar-refractivity contribution is -0.149. The molecule has 1 aromatic heterocycles. The smallest absolute Gasteiger partial charge is 0.335 e. The molecule has 4 heteroatoms. The minimum atomic E-state index is -0.329. The topological polar surface area (TPSA) is 44.1 Å². The Morgan fingerprint density at radius 3 is 1.79 bits per heavy atom. The van der Waals surface area contributed by atoms with E-state index in [1.165, 1.54) is 89.9 Å². The van der Waals surface area contributed by atoms with Crippen molar-refractivity contribution in [2.45, 2.75) is 123 Å². The molecule has 0 aliphatic heterocycles. The molecule has 166 valence electrons. The number of aromatic nitrogens is 2. The molecular weight excluding hydrogens is 360 g/mol. The van der Waals surface area contributed by atoms with Crippen molar-refractivity contribution in [1.29, 1.82) is 0 Å². The first-order valence-corrected chi connectivity index (χ1v) is 12.0. The normalized spacial score (nSPS) is 12.1. The van der Waals surface area contributed by atoms with Crippen molar-refractivity contribution in [1.82, 2.24) is 9.55 Å². The van der Waals surface area contributed by atoms with Crippen LogP contribution in [0.2, 0.25) is 0 Å². The van der Waals surface area contributed by atoms with Gasteiger partial charge in [0.1, 0.15) is 0 Å². The quantitative estimate of drug-likeness (QED) is 0.134. The van der Waals surface area contributed by atoms with Gasteiger partial charge < -0.3 is 9.30 Å². The Kier molecular flexibility index (Phi) is 15.2. The maximum absolute atomic E-state index is 11.9. The number of esters is 1. The summed E-state index contributed by atoms with van der Waals surface area (Å²) < 4.78 is 7.43. The molecule has 0 amide bonds. The fraction of sp³-hybridized carbons (Fsp3) is 0.760. The molecule has 0 aromatic carbocycles. The summed E-state index contributed by atoms with van der Waals surface area (Å²) in [6.07, 6.45) is 26.1. The number of nitrogens with zero attached hydrogens (tertiary/aromatic N) is 2. The zero-order valence-electron chi connectivity index (χ0n) is 19.0. The van der Waals surface area contributed by atoms with Gasteiger partial charge in [-0.1, -0.05) is 103 Å². The number of ether oxygens (including phenoxy) is 1. The van der Waals surface area contributed by atoms with Gasteiger partial charge in [-0.15, -0.1) is 0 Å². The van der Waals surface area contributed by atoms with Crippen LogP contribution in [0, 0.1) is 0 Å². The lowest BCUT2D eigenvalue weighted by Gasteiger charge is -2.19. The highest BCUT2D eigenvalue weighted by Gasteiger charge is 2.15. The SMILES string of the molecule is C=C(C)C(=O)OC(CCCCCCCCCCCCCCCCC)n1ccnc1. The molecule has 1 heterocycles. The van der Waals surface area contributed by atoms with Crippen LogP contribution in [0.15, 0.2) is 30.9 Å². The van der Waals surface area contributed by atoms with Crippen LogP contribution in [0.1, 0.15) is 123 Å². The molecule has 1 rings (SSSR count). The van der Waals surface area contributed by atoms with Gasteiger partial charge >= 0.3 is 5.97 Å². The summed E-state index contributed by atoms with van der Waals surface area (Å²) in [4.78, 5) is 15.9. The minimum Gasteiger partial charge on any atom is -0.438 e. The minimum absolute atomic E-state index is 0.274. The first-order chi connectivity index (χ1) is 14.1. The second kappa shape index (κ2) is 17.3. The van der Waals surface area contributed by atoms with E-state index in [-0.39, 0.29) is 12.2 Å². The van der Waals surface area contributed by atoms with Gasteiger partial charge in [0.05, 0.1) is 6.33 Å². The second-order valence-electron chi connectivity index (χ2n) is 8.39. The van der Waals surface area contributed by atoms with E-state index in [1.807, 2.05) is 10.8 Å². The van der Waals surface area contributed by atoms with Crippen LogP contribution >= 0.6 is 0 Å². The number of carbonyl (C=O) groups is 1. The molecule has 1 atom stereocenters. The lowest BCUT2D eigenvalue weighted by Crippen LogP contribution is -2.17. The van der Waals surface area contributed by atoms with E-state index < -0.39 is 0 Å². The third kappa shape index (κ3) is 13.3. The Morgan fingerprint density at radius 1 is 0.897 bits per heavy atom. The molecule has 0 N–H and O–H groups in total. The van der Waals surface area contributed by atoms with E-state index in [1.54, 1.807) is 19.4 Å². The summed E-state index contributed by atoms with van der Waals surface area (Å²) in [7, 11) is 0. The average Bonchev–Trinajstić information content (AvgIpc) is 3.24. The van der Waals surface area contributed by atoms with Crippen molar-refractivity contribution in [2.75, 3.05) is 0 Å². The number of imidazole rings is 1. The fourth-order valence-corrected chi connectivity index (χ4v) is 3.62. The zero-order valence-corrected chi connectivity index (χ0v) is 19.0. The second-order valence-corrected chi connectivity index (χ2v) is 8.39. The predicted octanol–water partition coefficient (Wildman–Crippen LogP) is 7.76. The Hall–Kier alpha value is -1.58. The third-order valence-corrected chi connectivity index (χ3v) is 5.50. The van der Waals surface area contributed by atoms with Crippen molar-refractivity contribution in [3.63, 3.8) is 0 Å². The zero-order chi connectivity index (χ0) is 21.2. The first-order valence-electron chi connectivity index (χ1n) is 12.0. The molecule has 4 nitrogen and oxygen atoms in total. The maximum atomic E-state index is 11.9. The van der Waals surface area contributed by atoms with Crippen LogP contribution in [0.4, 0.5) is 0 Å². The summed E-state index contributed by atoms with van der Waals surface area (Å²) in [5, 5.41) is 0. The Bertz CT molecular complexity index is 525. The summed E-state index contributed by atoms with van der Waals surface area (Å²) in [6, 6.07) is 0. The summed E-state index contributed by atoms with van der Waals surface area (Å²) >= 11 is 0. The van der Waals surface area contributed by atoms with Crippen molar-refractivity contribution in [3.8, 4) is 0 Å². The molecule has 0 aliphatic rings. The molecule has 1 unspecified atom stereocenters. The monoisotopic (exact) mass is 404 g/mol. The molecule has 0 aliphatic carbocycles. The van der Waals surface area contributed by atoms with Gasteiger partial charge in [-0.3, -0.25) is 0 Å². The number of unbranched alkanes of at least 4 members (excludes halogenated alkanes) is 14.